The largest absolute Gasteiger partial charge is 0.353 e. The van der Waals surface area contributed by atoms with Crippen molar-refractivity contribution in [2.75, 3.05) is 5.75 Å². The Morgan fingerprint density at radius 3 is 2.48 bits per heavy atom. The van der Waals surface area contributed by atoms with Crippen LogP contribution in [0, 0.1) is 5.92 Å². The van der Waals surface area contributed by atoms with Crippen molar-refractivity contribution in [1.29, 1.82) is 0 Å². The van der Waals surface area contributed by atoms with Crippen molar-refractivity contribution in [2.24, 2.45) is 5.92 Å². The lowest BCUT2D eigenvalue weighted by molar-refractivity contribution is -0.119. The molecule has 1 atom stereocenters. The van der Waals surface area contributed by atoms with E-state index >= 15 is 0 Å². The average molecular weight is 464 g/mol. The highest BCUT2D eigenvalue weighted by Crippen LogP contribution is 2.22. The fraction of sp³-hybridized carbons (Fsp3) is 0.360. The molecule has 2 aromatic carbocycles. The summed E-state index contributed by atoms with van der Waals surface area (Å²) in [5, 5.41) is 12.9. The highest BCUT2D eigenvalue weighted by molar-refractivity contribution is 7.99. The summed E-state index contributed by atoms with van der Waals surface area (Å²) in [7, 11) is 0. The number of carbonyl (C=O) groups excluding carboxylic acids is 1. The van der Waals surface area contributed by atoms with Crippen LogP contribution >= 0.6 is 11.8 Å². The van der Waals surface area contributed by atoms with E-state index in [1.54, 1.807) is 4.57 Å². The van der Waals surface area contributed by atoms with Gasteiger partial charge in [0.15, 0.2) is 5.16 Å². The van der Waals surface area contributed by atoms with Gasteiger partial charge in [0.25, 0.3) is 5.56 Å². The molecule has 0 saturated heterocycles. The van der Waals surface area contributed by atoms with Crippen LogP contribution in [0.1, 0.15) is 39.2 Å². The first-order valence-electron chi connectivity index (χ1n) is 11.3. The smallest absolute Gasteiger partial charge is 0.263 e. The predicted molar refractivity (Wildman–Crippen MR) is 133 cm³/mol. The number of hydrogen-bond acceptors (Lipinski definition) is 5. The maximum atomic E-state index is 13.3. The Morgan fingerprint density at radius 2 is 1.73 bits per heavy atom. The molecule has 1 unspecified atom stereocenters. The highest BCUT2D eigenvalue weighted by Gasteiger charge is 2.18. The lowest BCUT2D eigenvalue weighted by Gasteiger charge is -2.15. The van der Waals surface area contributed by atoms with E-state index in [1.165, 1.54) is 11.8 Å². The Balaban J connectivity index is 1.62. The normalized spacial score (nSPS) is 12.5. The van der Waals surface area contributed by atoms with Gasteiger partial charge in [-0.2, -0.15) is 0 Å². The van der Waals surface area contributed by atoms with Crippen molar-refractivity contribution in [3.05, 3.63) is 70.5 Å². The molecule has 0 fully saturated rings. The second-order valence-corrected chi connectivity index (χ2v) is 9.68. The van der Waals surface area contributed by atoms with E-state index in [0.29, 0.717) is 28.8 Å². The minimum atomic E-state index is -0.109. The first-order valence-corrected chi connectivity index (χ1v) is 12.3. The van der Waals surface area contributed by atoms with Gasteiger partial charge in [0.1, 0.15) is 0 Å². The molecule has 172 valence electrons. The molecule has 0 radical (unpaired) electrons. The number of nitrogens with one attached hydrogen (secondary N) is 1. The maximum Gasteiger partial charge on any atom is 0.263 e. The predicted octanol–water partition coefficient (Wildman–Crippen LogP) is 4.13. The standard InChI is InChI=1S/C25H29N5O2S/c1-17(2)13-14-18(3)26-22(31)16-33-25-28-27-24-29(15-19-9-5-4-6-10-19)23(32)20-11-7-8-12-21(20)30(24)25/h4-12,17-18H,13-16H2,1-3H3,(H,26,31). The van der Waals surface area contributed by atoms with Crippen LogP contribution in [-0.4, -0.2) is 36.9 Å². The van der Waals surface area contributed by atoms with E-state index in [4.69, 9.17) is 0 Å². The van der Waals surface area contributed by atoms with Crippen molar-refractivity contribution in [3.63, 3.8) is 0 Å². The van der Waals surface area contributed by atoms with Gasteiger partial charge in [0, 0.05) is 6.04 Å². The molecule has 33 heavy (non-hydrogen) atoms. The zero-order valence-electron chi connectivity index (χ0n) is 19.2. The van der Waals surface area contributed by atoms with Crippen LogP contribution in [0.5, 0.6) is 0 Å². The average Bonchev–Trinajstić information content (AvgIpc) is 3.24. The summed E-state index contributed by atoms with van der Waals surface area (Å²) in [5.74, 6) is 1.28. The number of nitrogens with zero attached hydrogens (tertiary/aromatic N) is 4. The Kier molecular flexibility index (Phi) is 7.13. The topological polar surface area (TPSA) is 81.3 Å². The number of rotatable bonds is 9. The van der Waals surface area contributed by atoms with Gasteiger partial charge >= 0.3 is 0 Å². The fourth-order valence-corrected chi connectivity index (χ4v) is 4.59. The molecule has 4 aromatic rings. The van der Waals surface area contributed by atoms with Crippen LogP contribution in [0.4, 0.5) is 0 Å². The SMILES string of the molecule is CC(C)CCC(C)NC(=O)CSc1nnc2n(Cc3ccccc3)c(=O)c3ccccc3n12. The first kappa shape index (κ1) is 23.0. The van der Waals surface area contributed by atoms with E-state index < -0.39 is 0 Å². The molecule has 2 heterocycles. The molecule has 0 spiro atoms. The minimum Gasteiger partial charge on any atom is -0.353 e. The summed E-state index contributed by atoms with van der Waals surface area (Å²) in [6, 6.07) is 17.4. The quantitative estimate of drug-likeness (QED) is 0.378. The molecule has 0 aliphatic heterocycles. The summed E-state index contributed by atoms with van der Waals surface area (Å²) in [6.07, 6.45) is 2.03. The summed E-state index contributed by atoms with van der Waals surface area (Å²) in [6.45, 7) is 6.79. The number of fused-ring (bicyclic) bond motifs is 3. The number of aromatic nitrogens is 4. The molecular weight excluding hydrogens is 434 g/mol. The summed E-state index contributed by atoms with van der Waals surface area (Å²) >= 11 is 1.33. The van der Waals surface area contributed by atoms with Crippen molar-refractivity contribution in [2.45, 2.75) is 51.4 Å². The van der Waals surface area contributed by atoms with E-state index in [-0.39, 0.29) is 23.3 Å². The van der Waals surface area contributed by atoms with Gasteiger partial charge in [-0.05, 0) is 43.4 Å². The highest BCUT2D eigenvalue weighted by atomic mass is 32.2. The molecule has 8 heteroatoms. The van der Waals surface area contributed by atoms with Gasteiger partial charge in [-0.3, -0.25) is 18.6 Å². The molecule has 7 nitrogen and oxygen atoms in total. The van der Waals surface area contributed by atoms with E-state index in [1.807, 2.05) is 65.9 Å². The van der Waals surface area contributed by atoms with Crippen LogP contribution < -0.4 is 10.9 Å². The fourth-order valence-electron chi connectivity index (χ4n) is 3.84. The Bertz CT molecular complexity index is 1310. The van der Waals surface area contributed by atoms with Crippen LogP contribution in [0.25, 0.3) is 16.7 Å². The lowest BCUT2D eigenvalue weighted by atomic mass is 10.0. The Morgan fingerprint density at radius 1 is 1.00 bits per heavy atom. The molecule has 1 amide bonds. The second-order valence-electron chi connectivity index (χ2n) is 8.74. The number of amides is 1. The van der Waals surface area contributed by atoms with E-state index in [9.17, 15) is 9.59 Å². The number of carbonyl (C=O) groups is 1. The van der Waals surface area contributed by atoms with Crippen LogP contribution in [0.15, 0.2) is 64.5 Å². The molecule has 2 aromatic heterocycles. The van der Waals surface area contributed by atoms with Crippen LogP contribution in [0.3, 0.4) is 0 Å². The van der Waals surface area contributed by atoms with E-state index in [0.717, 1.165) is 23.9 Å². The van der Waals surface area contributed by atoms with Crippen molar-refractivity contribution in [3.8, 4) is 0 Å². The monoisotopic (exact) mass is 463 g/mol. The molecule has 0 aliphatic carbocycles. The Hall–Kier alpha value is -3.13. The maximum absolute atomic E-state index is 13.3. The van der Waals surface area contributed by atoms with Gasteiger partial charge in [-0.15, -0.1) is 10.2 Å². The number of benzene rings is 2. The third kappa shape index (κ3) is 5.27. The number of thioether (sulfide) groups is 1. The van der Waals surface area contributed by atoms with Gasteiger partial charge in [0.2, 0.25) is 11.7 Å². The van der Waals surface area contributed by atoms with Gasteiger partial charge < -0.3 is 5.32 Å². The Labute approximate surface area is 197 Å². The minimum absolute atomic E-state index is 0.0325. The second kappa shape index (κ2) is 10.2. The molecule has 0 bridgehead atoms. The summed E-state index contributed by atoms with van der Waals surface area (Å²) < 4.78 is 3.52. The third-order valence-electron chi connectivity index (χ3n) is 5.58. The van der Waals surface area contributed by atoms with Crippen molar-refractivity contribution in [1.82, 2.24) is 24.5 Å². The number of para-hydroxylation sites is 1. The third-order valence-corrected chi connectivity index (χ3v) is 6.51. The molecule has 0 saturated carbocycles. The van der Waals surface area contributed by atoms with Crippen molar-refractivity contribution < 1.29 is 4.79 Å². The molecule has 0 aliphatic rings. The number of hydrogen-bond donors (Lipinski definition) is 1. The lowest BCUT2D eigenvalue weighted by Crippen LogP contribution is -2.34. The van der Waals surface area contributed by atoms with E-state index in [2.05, 4.69) is 29.4 Å². The van der Waals surface area contributed by atoms with Gasteiger partial charge in [-0.1, -0.05) is 68.1 Å². The zero-order chi connectivity index (χ0) is 23.4. The first-order chi connectivity index (χ1) is 15.9. The summed E-state index contributed by atoms with van der Waals surface area (Å²) in [5.41, 5.74) is 1.63. The van der Waals surface area contributed by atoms with Gasteiger partial charge in [0.05, 0.1) is 23.2 Å². The summed E-state index contributed by atoms with van der Waals surface area (Å²) in [4.78, 5) is 25.8. The van der Waals surface area contributed by atoms with Crippen LogP contribution in [0.2, 0.25) is 0 Å². The zero-order valence-corrected chi connectivity index (χ0v) is 20.0. The molecule has 4 rings (SSSR count). The molecule has 1 N–H and O–H groups in total. The van der Waals surface area contributed by atoms with Crippen molar-refractivity contribution >= 4 is 34.3 Å². The van der Waals surface area contributed by atoms with Crippen LogP contribution in [-0.2, 0) is 11.3 Å². The van der Waals surface area contributed by atoms with Gasteiger partial charge in [-0.25, -0.2) is 0 Å². The molecular formula is C25H29N5O2S.